The first kappa shape index (κ1) is 31.2. The van der Waals surface area contributed by atoms with Gasteiger partial charge in [0.1, 0.15) is 6.10 Å². The van der Waals surface area contributed by atoms with Crippen LogP contribution < -0.4 is 10.4 Å². The van der Waals surface area contributed by atoms with Crippen molar-refractivity contribution in [3.05, 3.63) is 112 Å². The SMILES string of the molecule is CCOC(=O)c1nc(Br)n(CCCO[Si](c2ccccc2)(c2ccccc2)C(C)(C)C)c1C(O)c1ccc(Cl)cc1. The molecule has 9 heteroatoms. The fraction of sp³-hybridized carbons (Fsp3) is 0.312. The standard InChI is InChI=1S/C32H36BrClN2O4Si/c1-5-39-30(38)27-28(29(37)23-17-19-24(34)20-18-23)36(31(33)35-27)21-12-22-40-41(32(2,3)4,25-13-8-6-9-14-25)26-15-10-7-11-16-26/h6-11,13-20,29,37H,5,12,21-22H2,1-4H3. The number of benzene rings is 3. The van der Waals surface area contributed by atoms with Crippen LogP contribution in [0.15, 0.2) is 89.7 Å². The molecule has 4 rings (SSSR count). The van der Waals surface area contributed by atoms with E-state index in [-0.39, 0.29) is 17.3 Å². The van der Waals surface area contributed by atoms with E-state index in [1.807, 2.05) is 16.7 Å². The Bertz CT molecular complexity index is 1400. The molecule has 41 heavy (non-hydrogen) atoms. The van der Waals surface area contributed by atoms with E-state index in [1.54, 1.807) is 31.2 Å². The molecule has 216 valence electrons. The van der Waals surface area contributed by atoms with Gasteiger partial charge in [-0.1, -0.05) is 105 Å². The fourth-order valence-corrected chi connectivity index (χ4v) is 10.6. The summed E-state index contributed by atoms with van der Waals surface area (Å²) >= 11 is 9.59. The lowest BCUT2D eigenvalue weighted by atomic mass is 10.0. The van der Waals surface area contributed by atoms with Gasteiger partial charge in [0.15, 0.2) is 10.4 Å². The number of halogens is 2. The quantitative estimate of drug-likeness (QED) is 0.113. The van der Waals surface area contributed by atoms with Gasteiger partial charge in [0, 0.05) is 18.2 Å². The molecular formula is C32H36BrClN2O4Si. The molecule has 0 fully saturated rings. The van der Waals surface area contributed by atoms with Crippen LogP contribution in [0.2, 0.25) is 10.1 Å². The molecular weight excluding hydrogens is 620 g/mol. The predicted octanol–water partition coefficient (Wildman–Crippen LogP) is 6.52. The number of nitrogens with zero attached hydrogens (tertiary/aromatic N) is 2. The Hall–Kier alpha value is -2.75. The first-order valence-corrected chi connectivity index (χ1v) is 16.8. The maximum atomic E-state index is 12.8. The molecule has 0 aliphatic carbocycles. The number of aliphatic hydroxyl groups is 1. The summed E-state index contributed by atoms with van der Waals surface area (Å²) in [4.78, 5) is 17.3. The number of imidazole rings is 1. The zero-order chi connectivity index (χ0) is 29.6. The molecule has 0 radical (unpaired) electrons. The summed E-state index contributed by atoms with van der Waals surface area (Å²) in [5.41, 5.74) is 1.04. The van der Waals surface area contributed by atoms with Crippen LogP contribution in [-0.4, -0.2) is 42.2 Å². The zero-order valence-corrected chi connectivity index (χ0v) is 27.2. The summed E-state index contributed by atoms with van der Waals surface area (Å²) in [6, 6.07) is 27.9. The van der Waals surface area contributed by atoms with Gasteiger partial charge < -0.3 is 18.8 Å². The van der Waals surface area contributed by atoms with Gasteiger partial charge >= 0.3 is 5.97 Å². The van der Waals surface area contributed by atoms with Crippen molar-refractivity contribution in [2.75, 3.05) is 13.2 Å². The highest BCUT2D eigenvalue weighted by Crippen LogP contribution is 2.37. The second kappa shape index (κ2) is 13.5. The smallest absolute Gasteiger partial charge is 0.358 e. The third-order valence-corrected chi connectivity index (χ3v) is 13.0. The van der Waals surface area contributed by atoms with Crippen molar-refractivity contribution in [3.8, 4) is 0 Å². The highest BCUT2D eigenvalue weighted by molar-refractivity contribution is 9.10. The number of hydrogen-bond donors (Lipinski definition) is 1. The Labute approximate surface area is 256 Å². The van der Waals surface area contributed by atoms with Gasteiger partial charge in [0.05, 0.1) is 12.3 Å². The topological polar surface area (TPSA) is 73.6 Å². The van der Waals surface area contributed by atoms with E-state index in [1.165, 1.54) is 10.4 Å². The molecule has 0 saturated heterocycles. The van der Waals surface area contributed by atoms with Gasteiger partial charge in [-0.3, -0.25) is 0 Å². The monoisotopic (exact) mass is 654 g/mol. The van der Waals surface area contributed by atoms with E-state index in [0.29, 0.717) is 40.6 Å². The van der Waals surface area contributed by atoms with E-state index >= 15 is 0 Å². The molecule has 1 heterocycles. The summed E-state index contributed by atoms with van der Waals surface area (Å²) < 4.78 is 14.6. The van der Waals surface area contributed by atoms with Gasteiger partial charge in [-0.15, -0.1) is 0 Å². The average molecular weight is 656 g/mol. The molecule has 0 bridgehead atoms. The highest BCUT2D eigenvalue weighted by Gasteiger charge is 2.50. The summed E-state index contributed by atoms with van der Waals surface area (Å²) in [5.74, 6) is -0.585. The number of carbonyl (C=O) groups is 1. The van der Waals surface area contributed by atoms with Crippen LogP contribution in [0.4, 0.5) is 0 Å². The molecule has 1 aromatic heterocycles. The van der Waals surface area contributed by atoms with Crippen LogP contribution in [0, 0.1) is 0 Å². The van der Waals surface area contributed by atoms with Crippen LogP contribution in [0.25, 0.3) is 0 Å². The number of aromatic nitrogens is 2. The molecule has 4 aromatic rings. The lowest BCUT2D eigenvalue weighted by molar-refractivity contribution is 0.0513. The number of ether oxygens (including phenoxy) is 1. The van der Waals surface area contributed by atoms with Crippen LogP contribution in [0.3, 0.4) is 0 Å². The third kappa shape index (κ3) is 6.68. The summed E-state index contributed by atoms with van der Waals surface area (Å²) in [6.07, 6.45) is -0.481. The van der Waals surface area contributed by atoms with Crippen molar-refractivity contribution < 1.29 is 19.1 Å². The molecule has 0 aliphatic rings. The van der Waals surface area contributed by atoms with E-state index in [0.717, 1.165) is 0 Å². The Morgan fingerprint density at radius 3 is 2.07 bits per heavy atom. The average Bonchev–Trinajstić information content (AvgIpc) is 3.29. The van der Waals surface area contributed by atoms with E-state index in [4.69, 9.17) is 20.8 Å². The molecule has 6 nitrogen and oxygen atoms in total. The second-order valence-electron chi connectivity index (χ2n) is 10.8. The van der Waals surface area contributed by atoms with Crippen molar-refractivity contribution in [2.45, 2.75) is 51.8 Å². The lowest BCUT2D eigenvalue weighted by Gasteiger charge is -2.43. The Balaban J connectivity index is 1.65. The van der Waals surface area contributed by atoms with Gasteiger partial charge in [0.2, 0.25) is 0 Å². The first-order valence-electron chi connectivity index (χ1n) is 13.7. The number of aliphatic hydroxyl groups excluding tert-OH is 1. The van der Waals surface area contributed by atoms with Gasteiger partial charge in [0.25, 0.3) is 8.32 Å². The Morgan fingerprint density at radius 2 is 1.56 bits per heavy atom. The minimum atomic E-state index is -2.69. The largest absolute Gasteiger partial charge is 0.461 e. The van der Waals surface area contributed by atoms with Crippen LogP contribution in [0.5, 0.6) is 0 Å². The number of esters is 1. The minimum Gasteiger partial charge on any atom is -0.461 e. The maximum Gasteiger partial charge on any atom is 0.358 e. The van der Waals surface area contributed by atoms with Crippen LogP contribution in [0.1, 0.15) is 62.0 Å². The summed E-state index contributed by atoms with van der Waals surface area (Å²) in [5, 5.41) is 14.3. The maximum absolute atomic E-state index is 12.8. The van der Waals surface area contributed by atoms with Gasteiger partial charge in [-0.05, 0) is 62.4 Å². The van der Waals surface area contributed by atoms with Crippen molar-refractivity contribution in [1.82, 2.24) is 9.55 Å². The molecule has 1 N–H and O–H groups in total. The number of hydrogen-bond acceptors (Lipinski definition) is 5. The Morgan fingerprint density at radius 1 is 1.00 bits per heavy atom. The van der Waals surface area contributed by atoms with Gasteiger partial charge in [-0.25, -0.2) is 9.78 Å². The van der Waals surface area contributed by atoms with E-state index < -0.39 is 20.4 Å². The summed E-state index contributed by atoms with van der Waals surface area (Å²) in [6.45, 7) is 9.62. The summed E-state index contributed by atoms with van der Waals surface area (Å²) in [7, 11) is -2.69. The van der Waals surface area contributed by atoms with Crippen molar-refractivity contribution in [2.24, 2.45) is 0 Å². The number of rotatable bonds is 11. The van der Waals surface area contributed by atoms with Crippen molar-refractivity contribution >= 4 is 52.2 Å². The lowest BCUT2D eigenvalue weighted by Crippen LogP contribution is -2.66. The molecule has 3 aromatic carbocycles. The molecule has 0 spiro atoms. The van der Waals surface area contributed by atoms with Crippen molar-refractivity contribution in [1.29, 1.82) is 0 Å². The van der Waals surface area contributed by atoms with E-state index in [9.17, 15) is 9.90 Å². The van der Waals surface area contributed by atoms with Crippen molar-refractivity contribution in [3.63, 3.8) is 0 Å². The molecule has 1 unspecified atom stereocenters. The van der Waals surface area contributed by atoms with Crippen LogP contribution >= 0.6 is 27.5 Å². The Kier molecular flexibility index (Phi) is 10.3. The first-order chi connectivity index (χ1) is 19.6. The van der Waals surface area contributed by atoms with Gasteiger partial charge in [-0.2, -0.15) is 0 Å². The molecule has 1 atom stereocenters. The highest BCUT2D eigenvalue weighted by atomic mass is 79.9. The number of carbonyl (C=O) groups excluding carboxylic acids is 1. The van der Waals surface area contributed by atoms with E-state index in [2.05, 4.69) is 90.2 Å². The normalized spacial score (nSPS) is 12.8. The molecule has 0 saturated carbocycles. The van der Waals surface area contributed by atoms with Crippen LogP contribution in [-0.2, 0) is 15.7 Å². The zero-order valence-electron chi connectivity index (χ0n) is 23.8. The minimum absolute atomic E-state index is 0.0778. The molecule has 0 aliphatic heterocycles. The third-order valence-electron chi connectivity index (χ3n) is 7.14. The predicted molar refractivity (Wildman–Crippen MR) is 170 cm³/mol. The molecule has 0 amide bonds. The fourth-order valence-electron chi connectivity index (χ4n) is 5.29. The second-order valence-corrected chi connectivity index (χ2v) is 16.3.